The number of carbonyl (C=O) groups is 1. The third-order valence-corrected chi connectivity index (χ3v) is 4.03. The largest absolute Gasteiger partial charge is 0.360 e. The van der Waals surface area contributed by atoms with Gasteiger partial charge in [0.25, 0.3) is 5.91 Å². The molecule has 0 aliphatic heterocycles. The third-order valence-electron chi connectivity index (χ3n) is 3.62. The number of hydrogen-bond acceptors (Lipinski definition) is 3. The summed E-state index contributed by atoms with van der Waals surface area (Å²) in [4.78, 5) is 32.1. The number of aryl methyl sites for hydroxylation is 2. The smallest absolute Gasteiger partial charge is 0.262 e. The number of nitrogens with zero attached hydrogens (tertiary/aromatic N) is 1. The minimum Gasteiger partial charge on any atom is -0.360 e. The zero-order chi connectivity index (χ0) is 16.6. The van der Waals surface area contributed by atoms with Crippen LogP contribution in [0.3, 0.4) is 0 Å². The minimum absolute atomic E-state index is 0.0301. The second kappa shape index (κ2) is 5.85. The molecule has 5 nitrogen and oxygen atoms in total. The van der Waals surface area contributed by atoms with E-state index in [0.717, 1.165) is 11.3 Å². The number of nitrogens with one attached hydrogen (secondary N) is 2. The number of rotatable bonds is 2. The predicted octanol–water partition coefficient (Wildman–Crippen LogP) is 3.45. The quantitative estimate of drug-likeness (QED) is 0.757. The molecule has 2 heterocycles. The van der Waals surface area contributed by atoms with Crippen molar-refractivity contribution in [2.24, 2.45) is 0 Å². The molecule has 0 saturated carbocycles. The van der Waals surface area contributed by atoms with E-state index in [-0.39, 0.29) is 11.0 Å². The zero-order valence-electron chi connectivity index (χ0n) is 12.6. The van der Waals surface area contributed by atoms with Crippen molar-refractivity contribution in [3.63, 3.8) is 0 Å². The van der Waals surface area contributed by atoms with Crippen LogP contribution in [0.5, 0.6) is 0 Å². The third kappa shape index (κ3) is 2.83. The monoisotopic (exact) mass is 327 g/mol. The number of benzene rings is 1. The maximum atomic E-state index is 12.5. The van der Waals surface area contributed by atoms with Crippen molar-refractivity contribution in [3.05, 3.63) is 68.6 Å². The number of aromatic amines is 1. The van der Waals surface area contributed by atoms with E-state index in [4.69, 9.17) is 11.6 Å². The number of pyridine rings is 2. The first kappa shape index (κ1) is 15.2. The van der Waals surface area contributed by atoms with Crippen LogP contribution in [0.1, 0.15) is 21.6 Å². The Kier molecular flexibility index (Phi) is 3.88. The van der Waals surface area contributed by atoms with Crippen molar-refractivity contribution in [2.45, 2.75) is 13.8 Å². The lowest BCUT2D eigenvalue weighted by Crippen LogP contribution is -2.22. The molecule has 0 saturated heterocycles. The molecule has 2 N–H and O–H groups in total. The van der Waals surface area contributed by atoms with Gasteiger partial charge in [-0.1, -0.05) is 17.7 Å². The molecule has 3 rings (SSSR count). The standard InChI is InChI=1S/C17H14ClN3O2/c1-9-4-3-5-14(20-9)21-17(23)12-8-19-15-10(2)13(18)7-6-11(15)16(12)22/h3-8H,1-2H3,(H,19,22)(H,20,21,23). The van der Waals surface area contributed by atoms with Crippen LogP contribution in [0.2, 0.25) is 5.02 Å². The summed E-state index contributed by atoms with van der Waals surface area (Å²) in [6, 6.07) is 8.55. The average Bonchev–Trinajstić information content (AvgIpc) is 2.51. The highest BCUT2D eigenvalue weighted by Gasteiger charge is 2.15. The Morgan fingerprint density at radius 3 is 2.74 bits per heavy atom. The molecule has 0 fully saturated rings. The Morgan fingerprint density at radius 1 is 1.22 bits per heavy atom. The van der Waals surface area contributed by atoms with Gasteiger partial charge in [-0.15, -0.1) is 0 Å². The van der Waals surface area contributed by atoms with Crippen LogP contribution in [0.4, 0.5) is 5.82 Å². The maximum Gasteiger partial charge on any atom is 0.262 e. The first-order valence-electron chi connectivity index (χ1n) is 7.03. The molecular formula is C17H14ClN3O2. The van der Waals surface area contributed by atoms with E-state index in [9.17, 15) is 9.59 Å². The number of carbonyl (C=O) groups excluding carboxylic acids is 1. The van der Waals surface area contributed by atoms with Gasteiger partial charge in [-0.3, -0.25) is 9.59 Å². The van der Waals surface area contributed by atoms with Gasteiger partial charge < -0.3 is 10.3 Å². The van der Waals surface area contributed by atoms with E-state index in [1.807, 2.05) is 19.9 Å². The average molecular weight is 328 g/mol. The van der Waals surface area contributed by atoms with E-state index in [2.05, 4.69) is 15.3 Å². The topological polar surface area (TPSA) is 74.8 Å². The first-order chi connectivity index (χ1) is 11.0. The molecule has 116 valence electrons. The molecule has 2 aromatic heterocycles. The van der Waals surface area contributed by atoms with E-state index < -0.39 is 5.91 Å². The van der Waals surface area contributed by atoms with Gasteiger partial charge in [-0.05, 0) is 43.7 Å². The highest BCUT2D eigenvalue weighted by Crippen LogP contribution is 2.22. The summed E-state index contributed by atoms with van der Waals surface area (Å²) < 4.78 is 0. The van der Waals surface area contributed by atoms with Gasteiger partial charge in [0.2, 0.25) is 5.43 Å². The highest BCUT2D eigenvalue weighted by atomic mass is 35.5. The van der Waals surface area contributed by atoms with Crippen LogP contribution in [-0.2, 0) is 0 Å². The second-order valence-corrected chi connectivity index (χ2v) is 5.65. The fourth-order valence-electron chi connectivity index (χ4n) is 2.38. The molecule has 0 aliphatic rings. The molecule has 23 heavy (non-hydrogen) atoms. The van der Waals surface area contributed by atoms with Gasteiger partial charge in [-0.25, -0.2) is 4.98 Å². The fraction of sp³-hybridized carbons (Fsp3) is 0.118. The summed E-state index contributed by atoms with van der Waals surface area (Å²) in [7, 11) is 0. The van der Waals surface area contributed by atoms with Crippen LogP contribution < -0.4 is 10.7 Å². The molecule has 0 aliphatic carbocycles. The number of hydrogen-bond donors (Lipinski definition) is 2. The molecule has 1 amide bonds. The van der Waals surface area contributed by atoms with Gasteiger partial charge in [0, 0.05) is 22.3 Å². The van der Waals surface area contributed by atoms with Crippen molar-refractivity contribution in [1.82, 2.24) is 9.97 Å². The summed E-state index contributed by atoms with van der Waals surface area (Å²) in [5.41, 5.74) is 1.87. The highest BCUT2D eigenvalue weighted by molar-refractivity contribution is 6.32. The van der Waals surface area contributed by atoms with Crippen LogP contribution >= 0.6 is 11.6 Å². The van der Waals surface area contributed by atoms with Crippen molar-refractivity contribution in [3.8, 4) is 0 Å². The lowest BCUT2D eigenvalue weighted by molar-refractivity contribution is 0.102. The fourth-order valence-corrected chi connectivity index (χ4v) is 2.54. The summed E-state index contributed by atoms with van der Waals surface area (Å²) >= 11 is 6.05. The normalized spacial score (nSPS) is 10.7. The molecule has 0 atom stereocenters. The Hall–Kier alpha value is -2.66. The molecular weight excluding hydrogens is 314 g/mol. The number of amides is 1. The van der Waals surface area contributed by atoms with Crippen molar-refractivity contribution in [2.75, 3.05) is 5.32 Å². The van der Waals surface area contributed by atoms with E-state index in [1.165, 1.54) is 6.20 Å². The van der Waals surface area contributed by atoms with Crippen molar-refractivity contribution < 1.29 is 4.79 Å². The number of fused-ring (bicyclic) bond motifs is 1. The van der Waals surface area contributed by atoms with Crippen LogP contribution in [0.15, 0.2) is 41.3 Å². The van der Waals surface area contributed by atoms with Crippen molar-refractivity contribution in [1.29, 1.82) is 0 Å². The lowest BCUT2D eigenvalue weighted by atomic mass is 10.1. The Balaban J connectivity index is 2.03. The SMILES string of the molecule is Cc1cccc(NC(=O)c2c[nH]c3c(C)c(Cl)ccc3c2=O)n1. The molecule has 0 spiro atoms. The number of anilines is 1. The second-order valence-electron chi connectivity index (χ2n) is 5.24. The van der Waals surface area contributed by atoms with Crippen LogP contribution in [0, 0.1) is 13.8 Å². The molecule has 6 heteroatoms. The number of H-pyrrole nitrogens is 1. The maximum absolute atomic E-state index is 12.5. The summed E-state index contributed by atoms with van der Waals surface area (Å²) in [5, 5.41) is 3.63. The number of aromatic nitrogens is 2. The van der Waals surface area contributed by atoms with E-state index in [0.29, 0.717) is 21.7 Å². The van der Waals surface area contributed by atoms with Gasteiger partial charge >= 0.3 is 0 Å². The molecule has 0 unspecified atom stereocenters. The summed E-state index contributed by atoms with van der Waals surface area (Å²) in [6.07, 6.45) is 1.40. The Bertz CT molecular complexity index is 979. The molecule has 0 radical (unpaired) electrons. The molecule has 3 aromatic rings. The van der Waals surface area contributed by atoms with Crippen molar-refractivity contribution >= 4 is 34.2 Å². The van der Waals surface area contributed by atoms with Gasteiger partial charge in [0.15, 0.2) is 0 Å². The van der Waals surface area contributed by atoms with Crippen LogP contribution in [-0.4, -0.2) is 15.9 Å². The lowest BCUT2D eigenvalue weighted by Gasteiger charge is -2.08. The van der Waals surface area contributed by atoms with E-state index >= 15 is 0 Å². The zero-order valence-corrected chi connectivity index (χ0v) is 13.4. The van der Waals surface area contributed by atoms with Gasteiger partial charge in [-0.2, -0.15) is 0 Å². The minimum atomic E-state index is -0.501. The van der Waals surface area contributed by atoms with E-state index in [1.54, 1.807) is 24.3 Å². The van der Waals surface area contributed by atoms with Gasteiger partial charge in [0.05, 0.1) is 5.52 Å². The Morgan fingerprint density at radius 2 is 2.00 bits per heavy atom. The molecule has 1 aromatic carbocycles. The Labute approximate surface area is 137 Å². The van der Waals surface area contributed by atoms with Crippen LogP contribution in [0.25, 0.3) is 10.9 Å². The summed E-state index contributed by atoms with van der Waals surface area (Å²) in [5.74, 6) is -0.0966. The first-order valence-corrected chi connectivity index (χ1v) is 7.40. The number of halogens is 1. The van der Waals surface area contributed by atoms with Gasteiger partial charge in [0.1, 0.15) is 11.4 Å². The summed E-state index contributed by atoms with van der Waals surface area (Å²) in [6.45, 7) is 3.64. The predicted molar refractivity (Wildman–Crippen MR) is 91.2 cm³/mol. The molecule has 0 bridgehead atoms.